The molecule has 0 aliphatic carbocycles. The number of aryl methyl sites for hydroxylation is 3. The smallest absolute Gasteiger partial charge is 0.266 e. The molecule has 0 spiro atoms. The number of aromatic nitrogens is 3. The lowest BCUT2D eigenvalue weighted by Crippen LogP contribution is -2.36. The van der Waals surface area contributed by atoms with Crippen LogP contribution in [0, 0.1) is 13.8 Å². The van der Waals surface area contributed by atoms with Crippen molar-refractivity contribution in [3.05, 3.63) is 71.3 Å². The van der Waals surface area contributed by atoms with Gasteiger partial charge in [-0.1, -0.05) is 41.1 Å². The summed E-state index contributed by atoms with van der Waals surface area (Å²) >= 11 is 7.82. The van der Waals surface area contributed by atoms with Gasteiger partial charge in [0.05, 0.1) is 21.6 Å². The van der Waals surface area contributed by atoms with E-state index >= 15 is 0 Å². The van der Waals surface area contributed by atoms with Gasteiger partial charge in [0.15, 0.2) is 11.7 Å². The SMILES string of the molecule is Cc1cccc(OCC(=O)N(CCCn2ccnc2)c2nc3c(C)ccc(Cl)c3s2)c1. The number of amides is 1. The third-order valence-electron chi connectivity index (χ3n) is 4.93. The quantitative estimate of drug-likeness (QED) is 0.364. The molecular weight excluding hydrogens is 432 g/mol. The van der Waals surface area contributed by atoms with Crippen molar-refractivity contribution in [3.8, 4) is 5.75 Å². The molecule has 31 heavy (non-hydrogen) atoms. The average molecular weight is 455 g/mol. The van der Waals surface area contributed by atoms with Crippen LogP contribution in [0.4, 0.5) is 5.13 Å². The van der Waals surface area contributed by atoms with Crippen LogP contribution in [0.25, 0.3) is 10.2 Å². The van der Waals surface area contributed by atoms with Crippen LogP contribution in [0.2, 0.25) is 5.02 Å². The Morgan fingerprint density at radius 1 is 1.26 bits per heavy atom. The van der Waals surface area contributed by atoms with E-state index in [2.05, 4.69) is 4.98 Å². The van der Waals surface area contributed by atoms with Crippen molar-refractivity contribution in [3.63, 3.8) is 0 Å². The lowest BCUT2D eigenvalue weighted by molar-refractivity contribution is -0.120. The van der Waals surface area contributed by atoms with Gasteiger partial charge in [-0.2, -0.15) is 0 Å². The monoisotopic (exact) mass is 454 g/mol. The molecule has 0 N–H and O–H groups in total. The van der Waals surface area contributed by atoms with Gasteiger partial charge in [0.1, 0.15) is 5.75 Å². The summed E-state index contributed by atoms with van der Waals surface area (Å²) in [6.45, 7) is 5.20. The van der Waals surface area contributed by atoms with Crippen LogP contribution < -0.4 is 9.64 Å². The van der Waals surface area contributed by atoms with E-state index in [1.54, 1.807) is 17.4 Å². The average Bonchev–Trinajstić information content (AvgIpc) is 3.43. The van der Waals surface area contributed by atoms with Gasteiger partial charge in [-0.15, -0.1) is 0 Å². The molecule has 8 heteroatoms. The lowest BCUT2D eigenvalue weighted by atomic mass is 10.2. The zero-order valence-corrected chi connectivity index (χ0v) is 19.0. The fourth-order valence-corrected chi connectivity index (χ4v) is 4.65. The number of carbonyl (C=O) groups is 1. The normalized spacial score (nSPS) is 11.1. The van der Waals surface area contributed by atoms with Crippen molar-refractivity contribution in [1.29, 1.82) is 0 Å². The van der Waals surface area contributed by atoms with Crippen LogP contribution in [-0.2, 0) is 11.3 Å². The first-order chi connectivity index (χ1) is 15.0. The minimum Gasteiger partial charge on any atom is -0.484 e. The second-order valence-corrected chi connectivity index (χ2v) is 8.73. The summed E-state index contributed by atoms with van der Waals surface area (Å²) in [5, 5.41) is 1.28. The van der Waals surface area contributed by atoms with E-state index in [1.165, 1.54) is 11.3 Å². The van der Waals surface area contributed by atoms with Gasteiger partial charge in [-0.05, 0) is 49.6 Å². The topological polar surface area (TPSA) is 60.2 Å². The molecule has 1 amide bonds. The van der Waals surface area contributed by atoms with E-state index in [1.807, 2.05) is 61.0 Å². The molecule has 2 aromatic carbocycles. The Hall–Kier alpha value is -2.90. The van der Waals surface area contributed by atoms with Gasteiger partial charge in [0.25, 0.3) is 5.91 Å². The van der Waals surface area contributed by atoms with E-state index in [4.69, 9.17) is 21.3 Å². The molecule has 0 aliphatic heterocycles. The number of anilines is 1. The van der Waals surface area contributed by atoms with Gasteiger partial charge in [-0.3, -0.25) is 9.69 Å². The Morgan fingerprint density at radius 3 is 2.87 bits per heavy atom. The number of halogens is 1. The van der Waals surface area contributed by atoms with Crippen molar-refractivity contribution >= 4 is 44.2 Å². The number of carbonyl (C=O) groups excluding carboxylic acids is 1. The zero-order valence-electron chi connectivity index (χ0n) is 17.4. The van der Waals surface area contributed by atoms with E-state index in [0.717, 1.165) is 34.3 Å². The number of imidazole rings is 1. The number of thiazole rings is 1. The molecule has 0 atom stereocenters. The van der Waals surface area contributed by atoms with E-state index in [-0.39, 0.29) is 12.5 Å². The first kappa shape index (κ1) is 21.3. The van der Waals surface area contributed by atoms with Crippen molar-refractivity contribution in [2.75, 3.05) is 18.1 Å². The maximum Gasteiger partial charge on any atom is 0.266 e. The van der Waals surface area contributed by atoms with Gasteiger partial charge in [0, 0.05) is 25.5 Å². The molecule has 0 bridgehead atoms. The Morgan fingerprint density at radius 2 is 2.13 bits per heavy atom. The molecule has 2 aromatic heterocycles. The van der Waals surface area contributed by atoms with Gasteiger partial charge in [0.2, 0.25) is 0 Å². The largest absolute Gasteiger partial charge is 0.484 e. The second kappa shape index (κ2) is 9.49. The number of hydrogen-bond donors (Lipinski definition) is 0. The number of rotatable bonds is 8. The molecule has 2 heterocycles. The summed E-state index contributed by atoms with van der Waals surface area (Å²) in [5.41, 5.74) is 2.95. The highest BCUT2D eigenvalue weighted by molar-refractivity contribution is 7.23. The van der Waals surface area contributed by atoms with Crippen LogP contribution in [0.3, 0.4) is 0 Å². The van der Waals surface area contributed by atoms with Crippen LogP contribution >= 0.6 is 22.9 Å². The van der Waals surface area contributed by atoms with Crippen molar-refractivity contribution < 1.29 is 9.53 Å². The number of fused-ring (bicyclic) bond motifs is 1. The van der Waals surface area contributed by atoms with Gasteiger partial charge < -0.3 is 9.30 Å². The summed E-state index contributed by atoms with van der Waals surface area (Å²) in [5.74, 6) is 0.537. The summed E-state index contributed by atoms with van der Waals surface area (Å²) in [4.78, 5) is 23.7. The maximum absolute atomic E-state index is 13.2. The number of nitrogens with zero attached hydrogens (tertiary/aromatic N) is 4. The van der Waals surface area contributed by atoms with Gasteiger partial charge in [-0.25, -0.2) is 9.97 Å². The number of benzene rings is 2. The van der Waals surface area contributed by atoms with Crippen molar-refractivity contribution in [1.82, 2.24) is 14.5 Å². The molecule has 0 unspecified atom stereocenters. The molecule has 0 saturated carbocycles. The Labute approximate surface area is 190 Å². The third-order valence-corrected chi connectivity index (χ3v) is 6.47. The highest BCUT2D eigenvalue weighted by Crippen LogP contribution is 2.35. The first-order valence-electron chi connectivity index (χ1n) is 10.0. The van der Waals surface area contributed by atoms with Crippen LogP contribution in [0.1, 0.15) is 17.5 Å². The third kappa shape index (κ3) is 5.06. The first-order valence-corrected chi connectivity index (χ1v) is 11.2. The molecule has 0 radical (unpaired) electrons. The second-order valence-electron chi connectivity index (χ2n) is 7.34. The molecule has 6 nitrogen and oxygen atoms in total. The molecular formula is C23H23ClN4O2S. The van der Waals surface area contributed by atoms with E-state index in [0.29, 0.717) is 22.4 Å². The fraction of sp³-hybridized carbons (Fsp3) is 0.261. The molecule has 160 valence electrons. The summed E-state index contributed by atoms with van der Waals surface area (Å²) in [7, 11) is 0. The molecule has 4 rings (SSSR count). The minimum absolute atomic E-state index is 0.0584. The van der Waals surface area contributed by atoms with Gasteiger partial charge >= 0.3 is 0 Å². The Kier molecular flexibility index (Phi) is 6.53. The predicted octanol–water partition coefficient (Wildman–Crippen LogP) is 5.27. The van der Waals surface area contributed by atoms with E-state index in [9.17, 15) is 4.79 Å². The number of hydrogen-bond acceptors (Lipinski definition) is 5. The minimum atomic E-state index is -0.139. The highest BCUT2D eigenvalue weighted by Gasteiger charge is 2.21. The fourth-order valence-electron chi connectivity index (χ4n) is 3.29. The molecule has 0 aliphatic rings. The Bertz CT molecular complexity index is 1150. The van der Waals surface area contributed by atoms with Crippen molar-refractivity contribution in [2.45, 2.75) is 26.8 Å². The predicted molar refractivity (Wildman–Crippen MR) is 125 cm³/mol. The van der Waals surface area contributed by atoms with Crippen LogP contribution in [0.15, 0.2) is 55.1 Å². The molecule has 0 fully saturated rings. The van der Waals surface area contributed by atoms with Crippen LogP contribution in [0.5, 0.6) is 5.75 Å². The zero-order chi connectivity index (χ0) is 21.8. The van der Waals surface area contributed by atoms with Crippen LogP contribution in [-0.4, -0.2) is 33.6 Å². The van der Waals surface area contributed by atoms with E-state index < -0.39 is 0 Å². The summed E-state index contributed by atoms with van der Waals surface area (Å²) < 4.78 is 8.65. The standard InChI is InChI=1S/C23H23ClN4O2S/c1-16-5-3-6-18(13-16)30-14-20(29)28(11-4-10-27-12-9-25-15-27)23-26-21-17(2)7-8-19(24)22(21)31-23/h3,5-9,12-13,15H,4,10-11,14H2,1-2H3. The maximum atomic E-state index is 13.2. The molecule has 0 saturated heterocycles. The Balaban J connectivity index is 1.55. The highest BCUT2D eigenvalue weighted by atomic mass is 35.5. The lowest BCUT2D eigenvalue weighted by Gasteiger charge is -2.20. The number of ether oxygens (including phenoxy) is 1. The van der Waals surface area contributed by atoms with Crippen molar-refractivity contribution in [2.24, 2.45) is 0 Å². The summed E-state index contributed by atoms with van der Waals surface area (Å²) in [6, 6.07) is 11.5. The molecule has 4 aromatic rings. The summed E-state index contributed by atoms with van der Waals surface area (Å²) in [6.07, 6.45) is 6.19.